The van der Waals surface area contributed by atoms with Crippen molar-refractivity contribution in [1.82, 2.24) is 9.38 Å². The Labute approximate surface area is 124 Å². The Kier molecular flexibility index (Phi) is 3.43. The van der Waals surface area contributed by atoms with Crippen molar-refractivity contribution >= 4 is 40.2 Å². The molecule has 7 heteroatoms. The van der Waals surface area contributed by atoms with Gasteiger partial charge >= 0.3 is 0 Å². The molecule has 3 rings (SSSR count). The number of anilines is 1. The van der Waals surface area contributed by atoms with E-state index in [1.165, 1.54) is 11.3 Å². The predicted octanol–water partition coefficient (Wildman–Crippen LogP) is 2.76. The van der Waals surface area contributed by atoms with Gasteiger partial charge in [0.2, 0.25) is 0 Å². The van der Waals surface area contributed by atoms with E-state index in [-0.39, 0.29) is 5.91 Å². The van der Waals surface area contributed by atoms with Crippen molar-refractivity contribution in [2.24, 2.45) is 5.73 Å². The van der Waals surface area contributed by atoms with E-state index in [0.29, 0.717) is 22.3 Å². The van der Waals surface area contributed by atoms with Crippen LogP contribution in [-0.2, 0) is 6.54 Å². The number of rotatable bonds is 3. The Morgan fingerprint density at radius 1 is 1.40 bits per heavy atom. The van der Waals surface area contributed by atoms with Gasteiger partial charge in [0.05, 0.1) is 16.8 Å². The van der Waals surface area contributed by atoms with Crippen LogP contribution < -0.4 is 11.1 Å². The molecule has 5 nitrogen and oxygen atoms in total. The van der Waals surface area contributed by atoms with Gasteiger partial charge < -0.3 is 11.1 Å². The fourth-order valence-corrected chi connectivity index (χ4v) is 2.79. The monoisotopic (exact) mass is 306 g/mol. The van der Waals surface area contributed by atoms with E-state index in [0.717, 1.165) is 10.5 Å². The fraction of sp³-hybridized carbons (Fsp3) is 0.0769. The van der Waals surface area contributed by atoms with Crippen molar-refractivity contribution in [3.63, 3.8) is 0 Å². The Morgan fingerprint density at radius 3 is 3.00 bits per heavy atom. The van der Waals surface area contributed by atoms with E-state index in [1.807, 2.05) is 6.07 Å². The molecule has 0 bridgehead atoms. The summed E-state index contributed by atoms with van der Waals surface area (Å²) in [5.74, 6) is -0.162. The van der Waals surface area contributed by atoms with Gasteiger partial charge in [0.1, 0.15) is 10.8 Å². The average molecular weight is 307 g/mol. The number of nitrogens with two attached hydrogens (primary N) is 1. The number of nitrogens with one attached hydrogen (secondary N) is 1. The third-order valence-electron chi connectivity index (χ3n) is 2.80. The normalized spacial score (nSPS) is 10.9. The summed E-state index contributed by atoms with van der Waals surface area (Å²) >= 11 is 7.38. The van der Waals surface area contributed by atoms with Gasteiger partial charge in [0.25, 0.3) is 5.91 Å². The third-order valence-corrected chi connectivity index (χ3v) is 4.19. The summed E-state index contributed by atoms with van der Waals surface area (Å²) < 4.78 is 1.71. The number of aromatic nitrogens is 2. The van der Waals surface area contributed by atoms with E-state index in [2.05, 4.69) is 10.3 Å². The summed E-state index contributed by atoms with van der Waals surface area (Å²) in [5, 5.41) is 3.33. The van der Waals surface area contributed by atoms with Gasteiger partial charge in [0, 0.05) is 17.6 Å². The predicted molar refractivity (Wildman–Crippen MR) is 80.4 cm³/mol. The maximum absolute atomic E-state index is 12.1. The first kappa shape index (κ1) is 13.1. The zero-order valence-corrected chi connectivity index (χ0v) is 11.9. The number of pyridine rings is 1. The van der Waals surface area contributed by atoms with Crippen molar-refractivity contribution < 1.29 is 4.79 Å². The largest absolute Gasteiger partial charge is 0.326 e. The van der Waals surface area contributed by atoms with Crippen LogP contribution >= 0.6 is 22.9 Å². The molecule has 0 aliphatic heterocycles. The van der Waals surface area contributed by atoms with Crippen molar-refractivity contribution in [2.75, 3.05) is 5.32 Å². The number of nitrogens with zero attached hydrogens (tertiary/aromatic N) is 2. The van der Waals surface area contributed by atoms with Crippen LogP contribution in [0.25, 0.3) is 5.65 Å². The summed E-state index contributed by atoms with van der Waals surface area (Å²) in [5.41, 5.74) is 6.93. The van der Waals surface area contributed by atoms with E-state index in [9.17, 15) is 4.79 Å². The summed E-state index contributed by atoms with van der Waals surface area (Å²) in [6.45, 7) is 0.439. The average Bonchev–Trinajstić information content (AvgIpc) is 3.06. The lowest BCUT2D eigenvalue weighted by Crippen LogP contribution is -2.10. The molecule has 0 radical (unpaired) electrons. The molecule has 1 amide bonds. The molecule has 3 heterocycles. The van der Waals surface area contributed by atoms with Gasteiger partial charge in [-0.1, -0.05) is 11.6 Å². The molecule has 3 N–H and O–H groups in total. The molecule has 0 saturated carbocycles. The number of halogens is 1. The molecule has 0 aliphatic carbocycles. The summed E-state index contributed by atoms with van der Waals surface area (Å²) in [7, 11) is 0. The summed E-state index contributed by atoms with van der Waals surface area (Å²) in [4.78, 5) is 17.8. The molecule has 0 unspecified atom stereocenters. The first-order valence-corrected chi connectivity index (χ1v) is 7.09. The minimum absolute atomic E-state index is 0.162. The minimum Gasteiger partial charge on any atom is -0.326 e. The number of carbonyl (C=O) groups is 1. The van der Waals surface area contributed by atoms with Crippen molar-refractivity contribution in [3.8, 4) is 0 Å². The quantitative estimate of drug-likeness (QED) is 0.781. The highest BCUT2D eigenvalue weighted by Gasteiger charge is 2.10. The zero-order valence-electron chi connectivity index (χ0n) is 10.3. The van der Waals surface area contributed by atoms with Gasteiger partial charge in [-0.05, 0) is 24.3 Å². The van der Waals surface area contributed by atoms with Gasteiger partial charge in [0.15, 0.2) is 0 Å². The van der Waals surface area contributed by atoms with Crippen LogP contribution in [0.4, 0.5) is 5.69 Å². The molecule has 3 aromatic heterocycles. The number of hydrogen-bond donors (Lipinski definition) is 2. The Bertz CT molecular complexity index is 780. The van der Waals surface area contributed by atoms with Crippen LogP contribution in [0, 0.1) is 0 Å². The molecule has 3 aromatic rings. The number of imidazole rings is 1. The lowest BCUT2D eigenvalue weighted by Gasteiger charge is -2.04. The smallest absolute Gasteiger partial charge is 0.265 e. The molecule has 0 atom stereocenters. The van der Waals surface area contributed by atoms with E-state index in [1.54, 1.807) is 35.0 Å². The molecule has 0 spiro atoms. The van der Waals surface area contributed by atoms with Crippen LogP contribution in [0.1, 0.15) is 14.5 Å². The molecule has 0 fully saturated rings. The van der Waals surface area contributed by atoms with E-state index < -0.39 is 0 Å². The number of hydrogen-bond acceptors (Lipinski definition) is 4. The van der Waals surface area contributed by atoms with E-state index >= 15 is 0 Å². The molecule has 0 saturated heterocycles. The van der Waals surface area contributed by atoms with Gasteiger partial charge in [-0.3, -0.25) is 9.20 Å². The lowest BCUT2D eigenvalue weighted by atomic mass is 10.3. The van der Waals surface area contributed by atoms with Crippen LogP contribution in [0.3, 0.4) is 0 Å². The number of thiophene rings is 1. The first-order valence-electron chi connectivity index (χ1n) is 5.90. The molecular weight excluding hydrogens is 296 g/mol. The Balaban J connectivity index is 1.84. The molecule has 0 aromatic carbocycles. The van der Waals surface area contributed by atoms with Gasteiger partial charge in [-0.15, -0.1) is 11.3 Å². The lowest BCUT2D eigenvalue weighted by molar-refractivity contribution is 0.103. The maximum Gasteiger partial charge on any atom is 0.265 e. The molecular formula is C13H11ClN4OS. The Morgan fingerprint density at radius 2 is 2.25 bits per heavy atom. The topological polar surface area (TPSA) is 72.4 Å². The number of fused-ring (bicyclic) bond motifs is 1. The molecule has 20 heavy (non-hydrogen) atoms. The number of carbonyl (C=O) groups excluding carboxylic acids is 1. The van der Waals surface area contributed by atoms with Crippen LogP contribution in [0.15, 0.2) is 36.7 Å². The minimum atomic E-state index is -0.162. The highest BCUT2D eigenvalue weighted by molar-refractivity contribution is 7.14. The molecule has 102 valence electrons. The number of amides is 1. The third kappa shape index (κ3) is 2.40. The van der Waals surface area contributed by atoms with Crippen molar-refractivity contribution in [3.05, 3.63) is 51.6 Å². The zero-order chi connectivity index (χ0) is 14.1. The van der Waals surface area contributed by atoms with Crippen LogP contribution in [0.5, 0.6) is 0 Å². The van der Waals surface area contributed by atoms with Crippen molar-refractivity contribution in [2.45, 2.75) is 6.54 Å². The SMILES string of the molecule is NCc1ccc(C(=O)Nc2ccc3ncc(Cl)n3c2)s1. The second-order valence-electron chi connectivity index (χ2n) is 4.15. The second-order valence-corrected chi connectivity index (χ2v) is 5.71. The highest BCUT2D eigenvalue weighted by atomic mass is 35.5. The maximum atomic E-state index is 12.1. The van der Waals surface area contributed by atoms with Gasteiger partial charge in [-0.2, -0.15) is 0 Å². The van der Waals surface area contributed by atoms with Crippen LogP contribution in [0.2, 0.25) is 5.15 Å². The molecule has 0 aliphatic rings. The standard InChI is InChI=1S/C13H11ClN4OS/c14-11-6-16-12-4-1-8(7-18(11)12)17-13(19)10-3-2-9(5-15)20-10/h1-4,6-7H,5,15H2,(H,17,19). The second kappa shape index (κ2) is 5.24. The summed E-state index contributed by atoms with van der Waals surface area (Å²) in [6.07, 6.45) is 3.30. The first-order chi connectivity index (χ1) is 9.67. The van der Waals surface area contributed by atoms with E-state index in [4.69, 9.17) is 17.3 Å². The van der Waals surface area contributed by atoms with Crippen LogP contribution in [-0.4, -0.2) is 15.3 Å². The fourth-order valence-electron chi connectivity index (χ4n) is 1.83. The summed E-state index contributed by atoms with van der Waals surface area (Å²) in [6, 6.07) is 7.20. The highest BCUT2D eigenvalue weighted by Crippen LogP contribution is 2.19. The van der Waals surface area contributed by atoms with Gasteiger partial charge in [-0.25, -0.2) is 4.98 Å². The van der Waals surface area contributed by atoms with Crippen molar-refractivity contribution in [1.29, 1.82) is 0 Å². The Hall–Kier alpha value is -1.89.